The van der Waals surface area contributed by atoms with E-state index in [2.05, 4.69) is 26.5 Å². The molecule has 1 aliphatic rings. The van der Waals surface area contributed by atoms with Crippen molar-refractivity contribution < 1.29 is 9.53 Å². The average Bonchev–Trinajstić information content (AvgIpc) is 3.15. The van der Waals surface area contributed by atoms with Crippen molar-refractivity contribution >= 4 is 35.0 Å². The van der Waals surface area contributed by atoms with Crippen molar-refractivity contribution in [2.45, 2.75) is 25.5 Å². The molecule has 2 aromatic carbocycles. The third-order valence-electron chi connectivity index (χ3n) is 5.09. The lowest BCUT2D eigenvalue weighted by molar-refractivity contribution is -0.113. The van der Waals surface area contributed by atoms with Gasteiger partial charge >= 0.3 is 0 Å². The zero-order chi connectivity index (χ0) is 22.5. The molecule has 9 heteroatoms. The molecule has 0 radical (unpaired) electrons. The maximum Gasteiger partial charge on any atom is 0.234 e. The van der Waals surface area contributed by atoms with Crippen LogP contribution in [0, 0.1) is 13.8 Å². The molecule has 0 atom stereocenters. The number of thioether (sulfide) groups is 1. The number of halogens is 1. The largest absolute Gasteiger partial charge is 0.379 e. The van der Waals surface area contributed by atoms with E-state index in [4.69, 9.17) is 16.3 Å². The number of aryl methyl sites for hydroxylation is 2. The number of hydrogen-bond donors (Lipinski definition) is 1. The van der Waals surface area contributed by atoms with Gasteiger partial charge in [0.1, 0.15) is 0 Å². The van der Waals surface area contributed by atoms with E-state index in [1.807, 2.05) is 54.8 Å². The molecule has 1 N–H and O–H groups in total. The van der Waals surface area contributed by atoms with Crippen molar-refractivity contribution in [1.29, 1.82) is 0 Å². The van der Waals surface area contributed by atoms with E-state index >= 15 is 0 Å². The van der Waals surface area contributed by atoms with Crippen molar-refractivity contribution in [2.75, 3.05) is 37.4 Å². The first-order valence-electron chi connectivity index (χ1n) is 10.5. The first kappa shape index (κ1) is 22.8. The van der Waals surface area contributed by atoms with Gasteiger partial charge in [0.2, 0.25) is 5.91 Å². The fraction of sp³-hybridized carbons (Fsp3) is 0.348. The van der Waals surface area contributed by atoms with Gasteiger partial charge in [0.05, 0.1) is 25.5 Å². The van der Waals surface area contributed by atoms with Crippen LogP contribution in [0.25, 0.3) is 5.69 Å². The lowest BCUT2D eigenvalue weighted by Crippen LogP contribution is -2.36. The van der Waals surface area contributed by atoms with Gasteiger partial charge in [0.15, 0.2) is 11.0 Å². The lowest BCUT2D eigenvalue weighted by Gasteiger charge is -2.26. The first-order chi connectivity index (χ1) is 15.5. The molecule has 1 saturated heterocycles. The molecule has 168 valence electrons. The minimum atomic E-state index is -0.0830. The number of carbonyl (C=O) groups excluding carboxylic acids is 1. The quantitative estimate of drug-likeness (QED) is 0.523. The third-order valence-corrected chi connectivity index (χ3v) is 6.27. The van der Waals surface area contributed by atoms with Crippen molar-refractivity contribution in [1.82, 2.24) is 19.7 Å². The zero-order valence-corrected chi connectivity index (χ0v) is 19.7. The summed E-state index contributed by atoms with van der Waals surface area (Å²) in [4.78, 5) is 14.9. The van der Waals surface area contributed by atoms with Crippen molar-refractivity contribution in [2.24, 2.45) is 0 Å². The van der Waals surface area contributed by atoms with Crippen LogP contribution in [0.15, 0.2) is 47.6 Å². The molecule has 0 aliphatic carbocycles. The minimum Gasteiger partial charge on any atom is -0.379 e. The number of ether oxygens (including phenoxy) is 1. The standard InChI is InChI=1S/C23H26ClN5O2S/c1-16-11-17(2)13-19(12-16)25-22(30)15-32-23-27-26-21(14-28-7-9-31-10-8-28)29(23)20-5-3-18(24)4-6-20/h3-6,11-13H,7-10,14-15H2,1-2H3,(H,25,30). The highest BCUT2D eigenvalue weighted by Crippen LogP contribution is 2.25. The number of carbonyl (C=O) groups is 1. The molecule has 1 amide bonds. The Labute approximate surface area is 197 Å². The Hall–Kier alpha value is -2.39. The minimum absolute atomic E-state index is 0.0830. The van der Waals surface area contributed by atoms with Crippen molar-refractivity contribution in [3.63, 3.8) is 0 Å². The summed E-state index contributed by atoms with van der Waals surface area (Å²) in [6, 6.07) is 13.6. The molecule has 3 aromatic rings. The summed E-state index contributed by atoms with van der Waals surface area (Å²) >= 11 is 7.46. The van der Waals surface area contributed by atoms with Crippen LogP contribution in [-0.4, -0.2) is 57.6 Å². The molecule has 7 nitrogen and oxygen atoms in total. The van der Waals surface area contributed by atoms with E-state index in [1.54, 1.807) is 0 Å². The zero-order valence-electron chi connectivity index (χ0n) is 18.2. The van der Waals surface area contributed by atoms with E-state index in [1.165, 1.54) is 11.8 Å². The van der Waals surface area contributed by atoms with Gasteiger partial charge in [-0.1, -0.05) is 29.4 Å². The second-order valence-electron chi connectivity index (χ2n) is 7.81. The van der Waals surface area contributed by atoms with Gasteiger partial charge in [-0.2, -0.15) is 0 Å². The number of anilines is 1. The molecule has 0 unspecified atom stereocenters. The first-order valence-corrected chi connectivity index (χ1v) is 11.9. The molecular formula is C23H26ClN5O2S. The highest BCUT2D eigenvalue weighted by atomic mass is 35.5. The number of rotatable bonds is 7. The number of hydrogen-bond acceptors (Lipinski definition) is 6. The predicted octanol–water partition coefficient (Wildman–Crippen LogP) is 4.10. The van der Waals surface area contributed by atoms with E-state index in [0.717, 1.165) is 54.6 Å². The Morgan fingerprint density at radius 1 is 1.09 bits per heavy atom. The van der Waals surface area contributed by atoms with E-state index in [-0.39, 0.29) is 11.7 Å². The molecule has 2 heterocycles. The Bertz CT molecular complexity index is 1060. The van der Waals surface area contributed by atoms with Gasteiger partial charge in [-0.25, -0.2) is 0 Å². The normalized spacial score (nSPS) is 14.5. The summed E-state index contributed by atoms with van der Waals surface area (Å²) in [5.41, 5.74) is 3.95. The summed E-state index contributed by atoms with van der Waals surface area (Å²) in [5.74, 6) is 0.975. The molecule has 0 bridgehead atoms. The highest BCUT2D eigenvalue weighted by Gasteiger charge is 2.20. The van der Waals surface area contributed by atoms with Crippen LogP contribution in [0.4, 0.5) is 5.69 Å². The Kier molecular flexibility index (Phi) is 7.47. The van der Waals surface area contributed by atoms with Crippen LogP contribution in [0.1, 0.15) is 17.0 Å². The molecule has 4 rings (SSSR count). The van der Waals surface area contributed by atoms with Crippen LogP contribution < -0.4 is 5.32 Å². The van der Waals surface area contributed by atoms with Crippen LogP contribution in [0.3, 0.4) is 0 Å². The SMILES string of the molecule is Cc1cc(C)cc(NC(=O)CSc2nnc(CN3CCOCC3)n2-c2ccc(Cl)cc2)c1. The Morgan fingerprint density at radius 3 is 2.47 bits per heavy atom. The van der Waals surface area contributed by atoms with Gasteiger partial charge in [-0.05, 0) is 61.4 Å². The molecule has 0 spiro atoms. The van der Waals surface area contributed by atoms with Crippen molar-refractivity contribution in [3.8, 4) is 5.69 Å². The number of nitrogens with zero attached hydrogens (tertiary/aromatic N) is 4. The lowest BCUT2D eigenvalue weighted by atomic mass is 10.1. The van der Waals surface area contributed by atoms with Crippen LogP contribution in [0.5, 0.6) is 0 Å². The number of morpholine rings is 1. The third kappa shape index (κ3) is 5.89. The topological polar surface area (TPSA) is 72.3 Å². The van der Waals surface area contributed by atoms with Gasteiger partial charge in [0, 0.05) is 29.5 Å². The summed E-state index contributed by atoms with van der Waals surface area (Å²) in [7, 11) is 0. The second-order valence-corrected chi connectivity index (χ2v) is 9.19. The fourth-order valence-corrected chi connectivity index (χ4v) is 4.58. The van der Waals surface area contributed by atoms with Gasteiger partial charge in [-0.15, -0.1) is 10.2 Å². The molecular weight excluding hydrogens is 446 g/mol. The van der Waals surface area contributed by atoms with E-state index < -0.39 is 0 Å². The maximum atomic E-state index is 12.6. The molecule has 0 saturated carbocycles. The van der Waals surface area contributed by atoms with Crippen molar-refractivity contribution in [3.05, 3.63) is 64.4 Å². The second kappa shape index (κ2) is 10.5. The average molecular weight is 472 g/mol. The maximum absolute atomic E-state index is 12.6. The van der Waals surface area contributed by atoms with E-state index in [0.29, 0.717) is 16.7 Å². The van der Waals surface area contributed by atoms with Gasteiger partial charge in [-0.3, -0.25) is 14.3 Å². The molecule has 1 aromatic heterocycles. The number of benzene rings is 2. The highest BCUT2D eigenvalue weighted by molar-refractivity contribution is 7.99. The monoisotopic (exact) mass is 471 g/mol. The van der Waals surface area contributed by atoms with Crippen LogP contribution in [0.2, 0.25) is 5.02 Å². The van der Waals surface area contributed by atoms with Crippen LogP contribution >= 0.6 is 23.4 Å². The van der Waals surface area contributed by atoms with E-state index in [9.17, 15) is 4.79 Å². The number of amides is 1. The fourth-order valence-electron chi connectivity index (χ4n) is 3.68. The molecule has 1 aliphatic heterocycles. The summed E-state index contributed by atoms with van der Waals surface area (Å²) < 4.78 is 7.45. The van der Waals surface area contributed by atoms with Gasteiger partial charge in [0.25, 0.3) is 0 Å². The van der Waals surface area contributed by atoms with Crippen LogP contribution in [-0.2, 0) is 16.1 Å². The number of aromatic nitrogens is 3. The smallest absolute Gasteiger partial charge is 0.234 e. The summed E-state index contributed by atoms with van der Waals surface area (Å²) in [6.45, 7) is 7.84. The molecule has 1 fully saturated rings. The van der Waals surface area contributed by atoms with Gasteiger partial charge < -0.3 is 10.1 Å². The number of nitrogens with one attached hydrogen (secondary N) is 1. The summed E-state index contributed by atoms with van der Waals surface area (Å²) in [5, 5.41) is 13.1. The summed E-state index contributed by atoms with van der Waals surface area (Å²) in [6.07, 6.45) is 0. The Morgan fingerprint density at radius 2 is 1.78 bits per heavy atom. The predicted molar refractivity (Wildman–Crippen MR) is 128 cm³/mol. The Balaban J connectivity index is 1.50. The molecule has 32 heavy (non-hydrogen) atoms.